The second kappa shape index (κ2) is 11.4. The molecule has 0 aliphatic carbocycles. The van der Waals surface area contributed by atoms with Crippen LogP contribution in [0.2, 0.25) is 0 Å². The zero-order chi connectivity index (χ0) is 19.8. The first-order chi connectivity index (χ1) is 13.7. The van der Waals surface area contributed by atoms with Crippen molar-refractivity contribution in [2.75, 3.05) is 6.61 Å². The van der Waals surface area contributed by atoms with Gasteiger partial charge < -0.3 is 14.8 Å². The predicted molar refractivity (Wildman–Crippen MR) is 117 cm³/mol. The van der Waals surface area contributed by atoms with Crippen LogP contribution in [0.3, 0.4) is 0 Å². The molecule has 3 rings (SSSR count). The van der Waals surface area contributed by atoms with E-state index in [1.807, 2.05) is 43.3 Å². The molecule has 3 aromatic rings. The van der Waals surface area contributed by atoms with Crippen molar-refractivity contribution >= 4 is 12.4 Å². The average Bonchev–Trinajstić information content (AvgIpc) is 2.73. The average molecular weight is 416 g/mol. The molecule has 5 heteroatoms. The number of benzene rings is 3. The number of hydrogen-bond donors (Lipinski definition) is 1. The topological polar surface area (TPSA) is 30.5 Å². The number of hydrogen-bond acceptors (Lipinski definition) is 3. The van der Waals surface area contributed by atoms with Gasteiger partial charge in [-0.3, -0.25) is 0 Å². The normalized spacial score (nSPS) is 11.4. The third-order valence-corrected chi connectivity index (χ3v) is 4.59. The Hall–Kier alpha value is -2.56. The first-order valence-electron chi connectivity index (χ1n) is 9.58. The van der Waals surface area contributed by atoms with E-state index >= 15 is 0 Å². The second-order valence-corrected chi connectivity index (χ2v) is 6.57. The highest BCUT2D eigenvalue weighted by molar-refractivity contribution is 5.85. The van der Waals surface area contributed by atoms with Crippen LogP contribution in [0.25, 0.3) is 0 Å². The number of para-hydroxylation sites is 1. The number of rotatable bonds is 9. The third-order valence-electron chi connectivity index (χ3n) is 4.59. The molecule has 0 bridgehead atoms. The van der Waals surface area contributed by atoms with Gasteiger partial charge >= 0.3 is 0 Å². The predicted octanol–water partition coefficient (Wildman–Crippen LogP) is 6.08. The molecule has 0 saturated carbocycles. The summed E-state index contributed by atoms with van der Waals surface area (Å²) in [6.07, 6.45) is 0. The van der Waals surface area contributed by atoms with Crippen molar-refractivity contribution in [1.82, 2.24) is 5.32 Å². The van der Waals surface area contributed by atoms with Crippen LogP contribution in [0.1, 0.15) is 36.6 Å². The van der Waals surface area contributed by atoms with Gasteiger partial charge in [-0.1, -0.05) is 60.7 Å². The van der Waals surface area contributed by atoms with Crippen molar-refractivity contribution in [2.45, 2.75) is 33.0 Å². The van der Waals surface area contributed by atoms with Crippen molar-refractivity contribution in [3.8, 4) is 11.5 Å². The molecule has 1 unspecified atom stereocenters. The third kappa shape index (κ3) is 6.21. The van der Waals surface area contributed by atoms with Gasteiger partial charge in [0.05, 0.1) is 6.61 Å². The summed E-state index contributed by atoms with van der Waals surface area (Å²) in [5, 5.41) is 3.52. The Morgan fingerprint density at radius 3 is 2.28 bits per heavy atom. The minimum Gasteiger partial charge on any atom is -0.490 e. The molecule has 1 atom stereocenters. The lowest BCUT2D eigenvalue weighted by molar-refractivity contribution is 0.262. The Morgan fingerprint density at radius 2 is 1.55 bits per heavy atom. The zero-order valence-corrected chi connectivity index (χ0v) is 17.5. The van der Waals surface area contributed by atoms with E-state index < -0.39 is 0 Å². The van der Waals surface area contributed by atoms with Gasteiger partial charge in [-0.2, -0.15) is 0 Å². The minimum absolute atomic E-state index is 0. The molecule has 154 valence electrons. The van der Waals surface area contributed by atoms with Crippen LogP contribution in [0.5, 0.6) is 11.5 Å². The highest BCUT2D eigenvalue weighted by atomic mass is 35.5. The minimum atomic E-state index is -0.270. The molecular weight excluding hydrogens is 389 g/mol. The Labute approximate surface area is 178 Å². The van der Waals surface area contributed by atoms with Crippen LogP contribution >= 0.6 is 12.4 Å². The maximum atomic E-state index is 14.0. The van der Waals surface area contributed by atoms with Crippen LogP contribution in [-0.4, -0.2) is 6.61 Å². The molecule has 0 fully saturated rings. The Morgan fingerprint density at radius 1 is 0.862 bits per heavy atom. The van der Waals surface area contributed by atoms with E-state index in [9.17, 15) is 4.39 Å². The SMILES string of the molecule is CCOc1cccc(CNC(C)c2ccccc2)c1OCc1ccccc1F.Cl. The molecular formula is C24H27ClFNO2. The molecule has 0 amide bonds. The second-order valence-electron chi connectivity index (χ2n) is 6.57. The van der Waals surface area contributed by atoms with Crippen molar-refractivity contribution < 1.29 is 13.9 Å². The molecule has 29 heavy (non-hydrogen) atoms. The van der Waals surface area contributed by atoms with Gasteiger partial charge in [0.1, 0.15) is 12.4 Å². The molecule has 0 aromatic heterocycles. The van der Waals surface area contributed by atoms with Gasteiger partial charge in [0.25, 0.3) is 0 Å². The maximum Gasteiger partial charge on any atom is 0.166 e. The fourth-order valence-electron chi connectivity index (χ4n) is 3.02. The summed E-state index contributed by atoms with van der Waals surface area (Å²) in [6.45, 7) is 5.36. The maximum absolute atomic E-state index is 14.0. The van der Waals surface area contributed by atoms with Gasteiger partial charge in [-0.25, -0.2) is 4.39 Å². The number of nitrogens with one attached hydrogen (secondary N) is 1. The molecule has 0 aliphatic rings. The molecule has 0 saturated heterocycles. The molecule has 0 spiro atoms. The summed E-state index contributed by atoms with van der Waals surface area (Å²) < 4.78 is 25.7. The number of halogens is 2. The lowest BCUT2D eigenvalue weighted by atomic mass is 10.1. The molecule has 0 radical (unpaired) electrons. The van der Waals surface area contributed by atoms with E-state index in [0.717, 1.165) is 5.56 Å². The fourth-order valence-corrected chi connectivity index (χ4v) is 3.02. The van der Waals surface area contributed by atoms with E-state index in [2.05, 4.69) is 24.4 Å². The smallest absolute Gasteiger partial charge is 0.166 e. The van der Waals surface area contributed by atoms with Crippen molar-refractivity contribution in [2.24, 2.45) is 0 Å². The lowest BCUT2D eigenvalue weighted by Gasteiger charge is -2.19. The molecule has 3 nitrogen and oxygen atoms in total. The van der Waals surface area contributed by atoms with Crippen LogP contribution < -0.4 is 14.8 Å². The summed E-state index contributed by atoms with van der Waals surface area (Å²) in [5.41, 5.74) is 2.72. The Kier molecular flexibility index (Phi) is 8.97. The van der Waals surface area contributed by atoms with Gasteiger partial charge in [0.15, 0.2) is 11.5 Å². The summed E-state index contributed by atoms with van der Waals surface area (Å²) in [6, 6.07) is 23.0. The monoisotopic (exact) mass is 415 g/mol. The highest BCUT2D eigenvalue weighted by Gasteiger charge is 2.14. The van der Waals surface area contributed by atoms with Crippen LogP contribution in [0.15, 0.2) is 72.8 Å². The quantitative estimate of drug-likeness (QED) is 0.459. The van der Waals surface area contributed by atoms with E-state index in [1.165, 1.54) is 11.6 Å². The van der Waals surface area contributed by atoms with Gasteiger partial charge in [0, 0.05) is 23.7 Å². The van der Waals surface area contributed by atoms with Crippen molar-refractivity contribution in [1.29, 1.82) is 0 Å². The van der Waals surface area contributed by atoms with Gasteiger partial charge in [-0.05, 0) is 31.5 Å². The summed E-state index contributed by atoms with van der Waals surface area (Å²) in [5.74, 6) is 1.06. The standard InChI is InChI=1S/C24H26FNO2.ClH/c1-3-27-23-15-9-13-20(16-26-18(2)19-10-5-4-6-11-19)24(23)28-17-21-12-7-8-14-22(21)25;/h4-15,18,26H,3,16-17H2,1-2H3;1H. The number of ether oxygens (including phenoxy) is 2. The largest absolute Gasteiger partial charge is 0.490 e. The molecule has 3 aromatic carbocycles. The first kappa shape index (κ1) is 22.7. The van der Waals surface area contributed by atoms with E-state index in [4.69, 9.17) is 9.47 Å². The zero-order valence-electron chi connectivity index (χ0n) is 16.7. The van der Waals surface area contributed by atoms with Crippen molar-refractivity contribution in [3.05, 3.63) is 95.3 Å². The van der Waals surface area contributed by atoms with E-state index in [1.54, 1.807) is 18.2 Å². The first-order valence-corrected chi connectivity index (χ1v) is 9.58. The van der Waals surface area contributed by atoms with Gasteiger partial charge in [-0.15, -0.1) is 12.4 Å². The summed E-state index contributed by atoms with van der Waals surface area (Å²) in [4.78, 5) is 0. The summed E-state index contributed by atoms with van der Waals surface area (Å²) >= 11 is 0. The molecule has 1 N–H and O–H groups in total. The molecule has 0 heterocycles. The summed E-state index contributed by atoms with van der Waals surface area (Å²) in [7, 11) is 0. The lowest BCUT2D eigenvalue weighted by Crippen LogP contribution is -2.18. The Bertz CT molecular complexity index is 889. The van der Waals surface area contributed by atoms with Crippen LogP contribution in [0.4, 0.5) is 4.39 Å². The highest BCUT2D eigenvalue weighted by Crippen LogP contribution is 2.32. The van der Waals surface area contributed by atoms with E-state index in [-0.39, 0.29) is 30.9 Å². The Balaban J connectivity index is 0.00000300. The van der Waals surface area contributed by atoms with E-state index in [0.29, 0.717) is 30.2 Å². The fraction of sp³-hybridized carbons (Fsp3) is 0.250. The van der Waals surface area contributed by atoms with Crippen LogP contribution in [-0.2, 0) is 13.2 Å². The molecule has 0 aliphatic heterocycles. The van der Waals surface area contributed by atoms with Crippen LogP contribution in [0, 0.1) is 5.82 Å². The van der Waals surface area contributed by atoms with Gasteiger partial charge in [0.2, 0.25) is 0 Å². The van der Waals surface area contributed by atoms with Crippen molar-refractivity contribution in [3.63, 3.8) is 0 Å².